The molecule has 0 aliphatic carbocycles. The minimum absolute atomic E-state index is 0.0184. The Balaban J connectivity index is 2.24. The number of methoxy groups -OCH3 is 1. The molecule has 0 aliphatic rings. The molecule has 0 aliphatic heterocycles. The van der Waals surface area contributed by atoms with E-state index in [1.165, 1.54) is 7.11 Å². The number of allylic oxidation sites excluding steroid dienone is 1. The van der Waals surface area contributed by atoms with Gasteiger partial charge in [0.05, 0.1) is 24.8 Å². The molecular weight excluding hydrogens is 306 g/mol. The first-order chi connectivity index (χ1) is 11.8. The number of benzene rings is 1. The molecule has 24 heavy (non-hydrogen) atoms. The number of hydrogen-bond acceptors (Lipinski definition) is 5. The maximum absolute atomic E-state index is 12.0. The van der Waals surface area contributed by atoms with E-state index >= 15 is 0 Å². The summed E-state index contributed by atoms with van der Waals surface area (Å²) in [5.41, 5.74) is 2.24. The van der Waals surface area contributed by atoms with Crippen molar-refractivity contribution in [3.63, 3.8) is 0 Å². The summed E-state index contributed by atoms with van der Waals surface area (Å²) in [6.07, 6.45) is 7.46. The largest absolute Gasteiger partial charge is 0.465 e. The molecule has 1 N–H and O–H groups in total. The third-order valence-corrected chi connectivity index (χ3v) is 3.68. The molecule has 0 unspecified atom stereocenters. The van der Waals surface area contributed by atoms with Crippen LogP contribution in [0.4, 0.5) is 0 Å². The molecule has 0 radical (unpaired) electrons. The summed E-state index contributed by atoms with van der Waals surface area (Å²) in [7, 11) is 1.36. The molecule has 0 amide bonds. The summed E-state index contributed by atoms with van der Waals surface area (Å²) in [4.78, 5) is 20.7. The fourth-order valence-electron chi connectivity index (χ4n) is 2.65. The van der Waals surface area contributed by atoms with Gasteiger partial charge in [0.2, 0.25) is 5.95 Å². The number of aliphatic hydroxyl groups is 1. The van der Waals surface area contributed by atoms with Crippen LogP contribution >= 0.6 is 0 Å². The molecule has 0 spiro atoms. The minimum Gasteiger partial charge on any atom is -0.465 e. The van der Waals surface area contributed by atoms with Crippen molar-refractivity contribution in [2.75, 3.05) is 13.7 Å². The first-order valence-electron chi connectivity index (χ1n) is 7.51. The van der Waals surface area contributed by atoms with Gasteiger partial charge in [-0.25, -0.2) is 14.8 Å². The number of carbonyl (C=O) groups excluding carboxylic acids is 1. The van der Waals surface area contributed by atoms with Gasteiger partial charge < -0.3 is 9.84 Å². The summed E-state index contributed by atoms with van der Waals surface area (Å²) < 4.78 is 6.78. The average molecular weight is 323 g/mol. The van der Waals surface area contributed by atoms with E-state index in [4.69, 9.17) is 9.84 Å². The Morgan fingerprint density at radius 2 is 2.04 bits per heavy atom. The zero-order chi connectivity index (χ0) is 16.9. The summed E-state index contributed by atoms with van der Waals surface area (Å²) in [6, 6.07) is 9.14. The Morgan fingerprint density at radius 3 is 2.75 bits per heavy atom. The molecule has 0 saturated heterocycles. The van der Waals surface area contributed by atoms with Crippen LogP contribution in [0.15, 0.2) is 54.9 Å². The highest BCUT2D eigenvalue weighted by Crippen LogP contribution is 2.26. The van der Waals surface area contributed by atoms with E-state index in [0.717, 1.165) is 16.6 Å². The number of ether oxygens (including phenoxy) is 1. The molecule has 0 saturated carbocycles. The van der Waals surface area contributed by atoms with Crippen molar-refractivity contribution in [1.29, 1.82) is 0 Å². The van der Waals surface area contributed by atoms with Crippen molar-refractivity contribution >= 4 is 16.9 Å². The van der Waals surface area contributed by atoms with Gasteiger partial charge in [0.1, 0.15) is 0 Å². The molecule has 6 heteroatoms. The van der Waals surface area contributed by atoms with Gasteiger partial charge in [-0.15, -0.1) is 0 Å². The topological polar surface area (TPSA) is 77.2 Å². The second kappa shape index (κ2) is 7.06. The van der Waals surface area contributed by atoms with E-state index in [-0.39, 0.29) is 12.6 Å². The third kappa shape index (κ3) is 2.91. The van der Waals surface area contributed by atoms with Gasteiger partial charge >= 0.3 is 5.97 Å². The van der Waals surface area contributed by atoms with Crippen LogP contribution < -0.4 is 0 Å². The lowest BCUT2D eigenvalue weighted by molar-refractivity contribution is 0.0603. The van der Waals surface area contributed by atoms with Crippen molar-refractivity contribution in [3.8, 4) is 5.95 Å². The predicted octanol–water partition coefficient (Wildman–Crippen LogP) is 2.30. The second-order valence-electron chi connectivity index (χ2n) is 5.11. The number of esters is 1. The third-order valence-electron chi connectivity index (χ3n) is 3.68. The molecule has 6 nitrogen and oxygen atoms in total. The average Bonchev–Trinajstić information content (AvgIpc) is 3.00. The molecule has 0 bridgehead atoms. The van der Waals surface area contributed by atoms with Crippen LogP contribution in [0.2, 0.25) is 0 Å². The van der Waals surface area contributed by atoms with E-state index in [9.17, 15) is 4.79 Å². The molecular formula is C18H17N3O3. The number of rotatable bonds is 5. The molecule has 2 aromatic heterocycles. The minimum atomic E-state index is -0.385. The summed E-state index contributed by atoms with van der Waals surface area (Å²) >= 11 is 0. The van der Waals surface area contributed by atoms with Gasteiger partial charge in [-0.1, -0.05) is 18.2 Å². The lowest BCUT2D eigenvalue weighted by Crippen LogP contribution is -2.04. The summed E-state index contributed by atoms with van der Waals surface area (Å²) in [6.45, 7) is -0.0184. The Labute approximate surface area is 139 Å². The van der Waals surface area contributed by atoms with Crippen LogP contribution in [-0.2, 0) is 11.2 Å². The van der Waals surface area contributed by atoms with Crippen molar-refractivity contribution in [3.05, 3.63) is 66.1 Å². The fourth-order valence-corrected chi connectivity index (χ4v) is 2.65. The fraction of sp³-hybridized carbons (Fsp3) is 0.167. The first kappa shape index (κ1) is 15.9. The van der Waals surface area contributed by atoms with Gasteiger partial charge in [0.25, 0.3) is 0 Å². The highest BCUT2D eigenvalue weighted by atomic mass is 16.5. The Kier molecular flexibility index (Phi) is 4.67. The van der Waals surface area contributed by atoms with Gasteiger partial charge in [-0.2, -0.15) is 0 Å². The molecule has 2 heterocycles. The van der Waals surface area contributed by atoms with Gasteiger partial charge in [0.15, 0.2) is 0 Å². The van der Waals surface area contributed by atoms with Crippen LogP contribution in [0.3, 0.4) is 0 Å². The molecule has 122 valence electrons. The van der Waals surface area contributed by atoms with E-state index in [1.54, 1.807) is 36.7 Å². The smallest absolute Gasteiger partial charge is 0.338 e. The molecule has 0 fully saturated rings. The van der Waals surface area contributed by atoms with Crippen molar-refractivity contribution in [2.45, 2.75) is 6.42 Å². The maximum atomic E-state index is 12.0. The first-order valence-corrected chi connectivity index (χ1v) is 7.51. The van der Waals surface area contributed by atoms with Crippen LogP contribution in [0.5, 0.6) is 0 Å². The lowest BCUT2D eigenvalue weighted by atomic mass is 10.1. The van der Waals surface area contributed by atoms with Crippen molar-refractivity contribution in [2.24, 2.45) is 0 Å². The Bertz CT molecular complexity index is 885. The monoisotopic (exact) mass is 323 g/mol. The number of hydrogen-bond donors (Lipinski definition) is 1. The quantitative estimate of drug-likeness (QED) is 0.576. The number of fused-ring (bicyclic) bond motifs is 1. The highest BCUT2D eigenvalue weighted by molar-refractivity contribution is 6.04. The zero-order valence-corrected chi connectivity index (χ0v) is 13.2. The number of aliphatic hydroxyl groups excluding tert-OH is 1. The summed E-state index contributed by atoms with van der Waals surface area (Å²) in [5, 5.41) is 9.72. The molecule has 0 atom stereocenters. The van der Waals surface area contributed by atoms with Gasteiger partial charge in [-0.3, -0.25) is 4.57 Å². The molecule has 3 aromatic rings. The molecule has 3 rings (SSSR count). The number of nitrogens with zero attached hydrogens (tertiary/aromatic N) is 3. The van der Waals surface area contributed by atoms with E-state index < -0.39 is 0 Å². The van der Waals surface area contributed by atoms with Crippen LogP contribution in [0.1, 0.15) is 16.1 Å². The van der Waals surface area contributed by atoms with Crippen molar-refractivity contribution < 1.29 is 14.6 Å². The lowest BCUT2D eigenvalue weighted by Gasteiger charge is -2.07. The Morgan fingerprint density at radius 1 is 1.25 bits per heavy atom. The molecule has 1 aromatic carbocycles. The summed E-state index contributed by atoms with van der Waals surface area (Å²) in [5.74, 6) is 0.145. The van der Waals surface area contributed by atoms with E-state index in [1.807, 2.05) is 22.8 Å². The van der Waals surface area contributed by atoms with Crippen LogP contribution in [0.25, 0.3) is 16.9 Å². The normalized spacial score (nSPS) is 11.2. The van der Waals surface area contributed by atoms with Gasteiger partial charge in [0, 0.05) is 29.9 Å². The number of carbonyl (C=O) groups is 1. The van der Waals surface area contributed by atoms with Crippen molar-refractivity contribution in [1.82, 2.24) is 14.5 Å². The van der Waals surface area contributed by atoms with E-state index in [2.05, 4.69) is 9.97 Å². The predicted molar refractivity (Wildman–Crippen MR) is 90.1 cm³/mol. The van der Waals surface area contributed by atoms with Crippen LogP contribution in [0, 0.1) is 0 Å². The SMILES string of the molecule is COC(=O)c1cccc2c1cc(C/C=C/CO)n2-c1ncccn1. The van der Waals surface area contributed by atoms with Crippen LogP contribution in [-0.4, -0.2) is 39.3 Å². The highest BCUT2D eigenvalue weighted by Gasteiger charge is 2.17. The maximum Gasteiger partial charge on any atom is 0.338 e. The standard InChI is InChI=1S/C18H17N3O3/c1-24-17(23)14-7-4-8-16-15(14)12-13(6-2-3-11-22)21(16)18-19-9-5-10-20-18/h2-5,7-10,12,22H,6,11H2,1H3/b3-2+. The zero-order valence-electron chi connectivity index (χ0n) is 13.2. The van der Waals surface area contributed by atoms with E-state index in [0.29, 0.717) is 17.9 Å². The second-order valence-corrected chi connectivity index (χ2v) is 5.11. The van der Waals surface area contributed by atoms with Gasteiger partial charge in [-0.05, 0) is 24.3 Å². The Hall–Kier alpha value is -2.99. The number of aromatic nitrogens is 3.